The molecule has 2 aliphatic rings. The Kier molecular flexibility index (Phi) is 13.1. The number of carbonyl (C=O) groups is 4. The standard InChI is InChI=1S/C35H51N5O5S/c1-5-23(3)32-31(42)22-39-19-13-12-18-30(39)34(44)36-27(16-9-7-8-14-25(41)6-2)33(43)37-28(35(46)38-32)20-24-21-40(45-4)29-17-11-10-15-26(24)29/h10-11,15,17,21,23,27-28,30,32H,5-9,12-14,16,18-20,22H2,1-4H3,(H,36,44)(H,37,43)(H,38,46)/t23-,27-,28-,30+,32-/m0/s1. The number of Topliss-reactive ketones (excluding diaryl/α,β-unsaturated/α-hetero) is 2. The van der Waals surface area contributed by atoms with E-state index in [0.29, 0.717) is 50.1 Å². The Morgan fingerprint density at radius 3 is 2.52 bits per heavy atom. The van der Waals surface area contributed by atoms with Crippen LogP contribution in [0.5, 0.6) is 0 Å². The summed E-state index contributed by atoms with van der Waals surface area (Å²) in [6, 6.07) is 5.43. The molecule has 0 radical (unpaired) electrons. The van der Waals surface area contributed by atoms with Crippen molar-refractivity contribution in [2.24, 2.45) is 5.92 Å². The van der Waals surface area contributed by atoms with Crippen LogP contribution in [0.3, 0.4) is 0 Å². The van der Waals surface area contributed by atoms with Gasteiger partial charge in [0.1, 0.15) is 18.9 Å². The summed E-state index contributed by atoms with van der Waals surface area (Å²) >= 11 is 5.98. The van der Waals surface area contributed by atoms with Crippen LogP contribution in [-0.2, 0) is 25.6 Å². The van der Waals surface area contributed by atoms with Crippen LogP contribution in [-0.4, -0.2) is 82.4 Å². The second kappa shape index (κ2) is 17.0. The molecule has 1 aromatic carbocycles. The largest absolute Gasteiger partial charge is 0.417 e. The molecule has 2 aliphatic heterocycles. The average Bonchev–Trinajstić information content (AvgIpc) is 3.42. The molecule has 0 unspecified atom stereocenters. The maximum atomic E-state index is 14.1. The van der Waals surface area contributed by atoms with Crippen molar-refractivity contribution in [2.45, 2.75) is 116 Å². The highest BCUT2D eigenvalue weighted by atomic mass is 32.1. The molecule has 46 heavy (non-hydrogen) atoms. The van der Waals surface area contributed by atoms with Gasteiger partial charge in [-0.05, 0) is 49.8 Å². The number of carbonyl (C=O) groups excluding carboxylic acids is 4. The number of aromatic nitrogens is 1. The van der Waals surface area contributed by atoms with E-state index in [1.807, 2.05) is 56.1 Å². The number of rotatable bonds is 12. The van der Waals surface area contributed by atoms with E-state index in [1.165, 1.54) is 0 Å². The number of piperidine rings is 1. The van der Waals surface area contributed by atoms with Gasteiger partial charge in [-0.3, -0.25) is 24.1 Å². The number of nitrogens with one attached hydrogen (secondary N) is 3. The number of benzene rings is 1. The SMILES string of the molecule is CCC(=O)CCCCC[C@@H]1NC(=O)[C@H]2CCCCN2CC(=O)[C@H]([C@@H](C)CC)NC(=S)[C@H](Cc2cn(OC)c3ccccc23)NC1=O. The minimum Gasteiger partial charge on any atom is -0.417 e. The second-order valence-corrected chi connectivity index (χ2v) is 13.3. The van der Waals surface area contributed by atoms with Crippen molar-refractivity contribution in [3.05, 3.63) is 36.0 Å². The van der Waals surface area contributed by atoms with Crippen LogP contribution in [0.4, 0.5) is 0 Å². The highest BCUT2D eigenvalue weighted by Gasteiger charge is 2.37. The fraction of sp³-hybridized carbons (Fsp3) is 0.629. The Balaban J connectivity index is 1.66. The van der Waals surface area contributed by atoms with Gasteiger partial charge in [-0.25, -0.2) is 0 Å². The Morgan fingerprint density at radius 1 is 1.02 bits per heavy atom. The van der Waals surface area contributed by atoms with E-state index in [1.54, 1.807) is 11.8 Å². The zero-order valence-corrected chi connectivity index (χ0v) is 28.6. The van der Waals surface area contributed by atoms with Gasteiger partial charge in [-0.1, -0.05) is 76.9 Å². The van der Waals surface area contributed by atoms with Crippen molar-refractivity contribution in [1.82, 2.24) is 25.6 Å². The Morgan fingerprint density at radius 2 is 1.78 bits per heavy atom. The topological polar surface area (TPSA) is 122 Å². The molecule has 4 rings (SSSR count). The molecule has 2 fully saturated rings. The van der Waals surface area contributed by atoms with E-state index < -0.39 is 24.2 Å². The fourth-order valence-electron chi connectivity index (χ4n) is 6.60. The number of ketones is 2. The average molecular weight is 654 g/mol. The lowest BCUT2D eigenvalue weighted by molar-refractivity contribution is -0.134. The van der Waals surface area contributed by atoms with Gasteiger partial charge in [0.2, 0.25) is 11.8 Å². The number of fused-ring (bicyclic) bond motifs is 2. The molecular weight excluding hydrogens is 602 g/mol. The third-order valence-corrected chi connectivity index (χ3v) is 10.0. The summed E-state index contributed by atoms with van der Waals surface area (Å²) in [5.41, 5.74) is 1.83. The van der Waals surface area contributed by atoms with Crippen LogP contribution in [0.15, 0.2) is 30.5 Å². The lowest BCUT2D eigenvalue weighted by atomic mass is 9.93. The highest BCUT2D eigenvalue weighted by molar-refractivity contribution is 7.80. The summed E-state index contributed by atoms with van der Waals surface area (Å²) in [5, 5.41) is 10.6. The van der Waals surface area contributed by atoms with Gasteiger partial charge in [0.15, 0.2) is 5.78 Å². The van der Waals surface area contributed by atoms with E-state index in [2.05, 4.69) is 16.0 Å². The first kappa shape index (κ1) is 35.5. The molecular formula is C35H51N5O5S. The maximum absolute atomic E-state index is 14.1. The zero-order chi connectivity index (χ0) is 33.2. The number of hydrogen-bond donors (Lipinski definition) is 3. The van der Waals surface area contributed by atoms with Gasteiger partial charge in [-0.2, -0.15) is 4.73 Å². The van der Waals surface area contributed by atoms with Crippen LogP contribution in [0, 0.1) is 5.92 Å². The van der Waals surface area contributed by atoms with Gasteiger partial charge in [0.25, 0.3) is 0 Å². The summed E-state index contributed by atoms with van der Waals surface area (Å²) < 4.78 is 1.69. The van der Waals surface area contributed by atoms with Gasteiger partial charge in [0.05, 0.1) is 35.2 Å². The maximum Gasteiger partial charge on any atom is 0.243 e. The van der Waals surface area contributed by atoms with Crippen molar-refractivity contribution >= 4 is 51.5 Å². The quantitative estimate of drug-likeness (QED) is 0.233. The van der Waals surface area contributed by atoms with Crippen LogP contribution in [0.2, 0.25) is 0 Å². The normalized spacial score (nSPS) is 24.1. The van der Waals surface area contributed by atoms with Crippen LogP contribution in [0.25, 0.3) is 10.9 Å². The van der Waals surface area contributed by atoms with E-state index in [4.69, 9.17) is 17.1 Å². The monoisotopic (exact) mass is 653 g/mol. The summed E-state index contributed by atoms with van der Waals surface area (Å²) in [4.78, 5) is 61.5. The third-order valence-electron chi connectivity index (χ3n) is 9.62. The molecule has 2 saturated heterocycles. The molecule has 0 spiro atoms. The first-order valence-corrected chi connectivity index (χ1v) is 17.4. The van der Waals surface area contributed by atoms with Gasteiger partial charge in [0, 0.05) is 30.8 Å². The Hall–Kier alpha value is -3.31. The number of amides is 2. The molecule has 5 atom stereocenters. The number of unbranched alkanes of at least 4 members (excludes halogenated alkanes) is 2. The summed E-state index contributed by atoms with van der Waals surface area (Å²) in [5.74, 6) is -0.310. The number of nitrogens with zero attached hydrogens (tertiary/aromatic N) is 2. The predicted octanol–water partition coefficient (Wildman–Crippen LogP) is 3.91. The van der Waals surface area contributed by atoms with E-state index >= 15 is 0 Å². The molecule has 2 amide bonds. The molecule has 2 aromatic rings. The first-order chi connectivity index (χ1) is 22.2. The molecule has 3 heterocycles. The van der Waals surface area contributed by atoms with Crippen LogP contribution in [0.1, 0.15) is 90.5 Å². The lowest BCUT2D eigenvalue weighted by Crippen LogP contribution is -2.57. The second-order valence-electron chi connectivity index (χ2n) is 12.8. The number of hydrogen-bond acceptors (Lipinski definition) is 7. The molecule has 11 heteroatoms. The van der Waals surface area contributed by atoms with Crippen LogP contribution < -0.4 is 20.8 Å². The molecule has 10 nitrogen and oxygen atoms in total. The highest BCUT2D eigenvalue weighted by Crippen LogP contribution is 2.24. The lowest BCUT2D eigenvalue weighted by Gasteiger charge is -2.36. The Bertz CT molecular complexity index is 1390. The van der Waals surface area contributed by atoms with Crippen molar-refractivity contribution in [2.75, 3.05) is 20.2 Å². The van der Waals surface area contributed by atoms with Gasteiger partial charge < -0.3 is 20.8 Å². The molecule has 252 valence electrons. The van der Waals surface area contributed by atoms with E-state index in [-0.39, 0.29) is 35.8 Å². The molecule has 0 saturated carbocycles. The van der Waals surface area contributed by atoms with Crippen molar-refractivity contribution in [1.29, 1.82) is 0 Å². The minimum absolute atomic E-state index is 0.00474. The first-order valence-electron chi connectivity index (χ1n) is 17.0. The van der Waals surface area contributed by atoms with Gasteiger partial charge >= 0.3 is 0 Å². The van der Waals surface area contributed by atoms with Crippen molar-refractivity contribution in [3.8, 4) is 0 Å². The summed E-state index contributed by atoms with van der Waals surface area (Å²) in [6.07, 6.45) is 9.18. The van der Waals surface area contributed by atoms with Crippen LogP contribution >= 0.6 is 12.2 Å². The number of para-hydroxylation sites is 1. The summed E-state index contributed by atoms with van der Waals surface area (Å²) in [7, 11) is 1.60. The minimum atomic E-state index is -0.773. The molecule has 0 aliphatic carbocycles. The smallest absolute Gasteiger partial charge is 0.243 e. The third kappa shape index (κ3) is 8.94. The fourth-order valence-corrected chi connectivity index (χ4v) is 6.87. The number of thiocarbonyl (C=S) groups is 1. The predicted molar refractivity (Wildman–Crippen MR) is 184 cm³/mol. The molecule has 1 aromatic heterocycles. The Labute approximate surface area is 278 Å². The van der Waals surface area contributed by atoms with Gasteiger partial charge in [-0.15, -0.1) is 0 Å². The van der Waals surface area contributed by atoms with E-state index in [0.717, 1.165) is 48.6 Å². The zero-order valence-electron chi connectivity index (χ0n) is 27.8. The van der Waals surface area contributed by atoms with Crippen molar-refractivity contribution < 1.29 is 24.0 Å². The summed E-state index contributed by atoms with van der Waals surface area (Å²) in [6.45, 7) is 6.73. The van der Waals surface area contributed by atoms with E-state index in [9.17, 15) is 19.2 Å². The van der Waals surface area contributed by atoms with Crippen molar-refractivity contribution in [3.63, 3.8) is 0 Å². The molecule has 0 bridgehead atoms. The molecule has 3 N–H and O–H groups in total.